The Morgan fingerprint density at radius 3 is 2.29 bits per heavy atom. The maximum atomic E-state index is 10.9. The van der Waals surface area contributed by atoms with Gasteiger partial charge < -0.3 is 28.5 Å². The van der Waals surface area contributed by atoms with Crippen molar-refractivity contribution in [3.8, 4) is 17.6 Å². The van der Waals surface area contributed by atoms with Crippen molar-refractivity contribution in [2.75, 3.05) is 7.11 Å². The number of aliphatic hydroxyl groups is 1. The van der Waals surface area contributed by atoms with Gasteiger partial charge in [0.25, 0.3) is 0 Å². The van der Waals surface area contributed by atoms with E-state index in [-0.39, 0.29) is 17.2 Å². The number of hydrogen-bond donors (Lipinski definition) is 1. The highest BCUT2D eigenvalue weighted by Crippen LogP contribution is 2.38. The zero-order valence-corrected chi connectivity index (χ0v) is 24.3. The molecule has 1 fully saturated rings. The van der Waals surface area contributed by atoms with Gasteiger partial charge in [-0.05, 0) is 63.0 Å². The zero-order valence-electron chi connectivity index (χ0n) is 23.3. The summed E-state index contributed by atoms with van der Waals surface area (Å²) in [5.74, 6) is 6.23. The molecular weight excluding hydrogens is 460 g/mol. The molecule has 35 heavy (non-hydrogen) atoms. The number of benzene rings is 1. The van der Waals surface area contributed by atoms with Crippen LogP contribution in [0, 0.1) is 11.8 Å². The lowest BCUT2D eigenvalue weighted by molar-refractivity contribution is -0.152. The van der Waals surface area contributed by atoms with Crippen LogP contribution in [-0.2, 0) is 25.2 Å². The van der Waals surface area contributed by atoms with Crippen LogP contribution in [0.15, 0.2) is 24.3 Å². The minimum absolute atomic E-state index is 0.0583. The fourth-order valence-electron chi connectivity index (χ4n) is 3.79. The molecule has 0 aromatic heterocycles. The minimum atomic E-state index is -2.05. The summed E-state index contributed by atoms with van der Waals surface area (Å²) in [5.41, 5.74) is 1.01. The second-order valence-corrected chi connectivity index (χ2v) is 16.1. The number of aliphatic hydroxyl groups excluding tert-OH is 1. The predicted molar refractivity (Wildman–Crippen MR) is 142 cm³/mol. The van der Waals surface area contributed by atoms with E-state index in [0.29, 0.717) is 6.61 Å². The molecule has 0 amide bonds. The third-order valence-corrected chi connectivity index (χ3v) is 11.4. The van der Waals surface area contributed by atoms with Crippen LogP contribution in [0.2, 0.25) is 18.1 Å². The highest BCUT2D eigenvalue weighted by Gasteiger charge is 2.44. The van der Waals surface area contributed by atoms with E-state index in [4.69, 9.17) is 23.4 Å². The van der Waals surface area contributed by atoms with E-state index in [0.717, 1.165) is 24.2 Å². The zero-order chi connectivity index (χ0) is 26.4. The molecule has 6 nitrogen and oxygen atoms in total. The molecule has 0 saturated carbocycles. The van der Waals surface area contributed by atoms with Crippen LogP contribution in [0.25, 0.3) is 0 Å². The van der Waals surface area contributed by atoms with Crippen LogP contribution in [-0.4, -0.2) is 56.8 Å². The number of rotatable bonds is 10. The molecule has 1 aliphatic heterocycles. The summed E-state index contributed by atoms with van der Waals surface area (Å²) in [4.78, 5) is 0. The lowest BCUT2D eigenvalue weighted by Crippen LogP contribution is -2.46. The summed E-state index contributed by atoms with van der Waals surface area (Å²) >= 11 is 0. The van der Waals surface area contributed by atoms with Gasteiger partial charge in [-0.1, -0.05) is 58.1 Å². The predicted octanol–water partition coefficient (Wildman–Crippen LogP) is 5.68. The van der Waals surface area contributed by atoms with Crippen LogP contribution in [0.1, 0.15) is 66.9 Å². The third kappa shape index (κ3) is 8.59. The van der Waals surface area contributed by atoms with E-state index in [1.807, 2.05) is 45.0 Å². The molecule has 0 radical (unpaired) electrons. The molecule has 1 unspecified atom stereocenters. The maximum absolute atomic E-state index is 10.9. The first kappa shape index (κ1) is 29.8. The number of ether oxygens (including phenoxy) is 4. The highest BCUT2D eigenvalue weighted by molar-refractivity contribution is 6.74. The van der Waals surface area contributed by atoms with Crippen LogP contribution >= 0.6 is 0 Å². The number of methoxy groups -OCH3 is 1. The Labute approximate surface area is 213 Å². The quantitative estimate of drug-likeness (QED) is 0.326. The summed E-state index contributed by atoms with van der Waals surface area (Å²) in [6.45, 7) is 19.3. The molecule has 7 heteroatoms. The molecule has 1 aromatic rings. The third-order valence-electron chi connectivity index (χ3n) is 6.78. The van der Waals surface area contributed by atoms with E-state index in [9.17, 15) is 5.11 Å². The molecule has 5 atom stereocenters. The van der Waals surface area contributed by atoms with Crippen LogP contribution in [0.4, 0.5) is 0 Å². The summed E-state index contributed by atoms with van der Waals surface area (Å²) in [7, 11) is -0.399. The smallest absolute Gasteiger partial charge is 0.192 e. The van der Waals surface area contributed by atoms with Gasteiger partial charge in [-0.2, -0.15) is 0 Å². The molecule has 0 aliphatic carbocycles. The lowest BCUT2D eigenvalue weighted by atomic mass is 10.0. The highest BCUT2D eigenvalue weighted by atomic mass is 28.4. The van der Waals surface area contributed by atoms with E-state index in [1.165, 1.54) is 0 Å². The Hall–Kier alpha value is -1.40. The molecule has 1 aromatic carbocycles. The van der Waals surface area contributed by atoms with Crippen molar-refractivity contribution in [1.82, 2.24) is 0 Å². The molecule has 1 saturated heterocycles. The van der Waals surface area contributed by atoms with Crippen molar-refractivity contribution < 1.29 is 28.5 Å². The van der Waals surface area contributed by atoms with Gasteiger partial charge in [-0.25, -0.2) is 0 Å². The van der Waals surface area contributed by atoms with Gasteiger partial charge in [-0.3, -0.25) is 0 Å². The standard InChI is InChI=1S/C28H46O6Si/c1-11-12-25-26(33-28(6,7)32-25)23(29)17-18-24(20(2)34-35(9,10)27(3,4)5)31-19-21-13-15-22(30-8)16-14-21/h13-16,20,23-26,29H,11-12,19H2,1-10H3/t20-,23?,24+,25-,26+/m0/s1. The summed E-state index contributed by atoms with van der Waals surface area (Å²) in [6.07, 6.45) is -0.727. The average Bonchev–Trinajstić information content (AvgIpc) is 3.07. The SMILES string of the molecule is CCC[C@@H]1OC(C)(C)O[C@@H]1C(O)C#C[C@@H](OCc1ccc(OC)cc1)[C@H](C)O[Si](C)(C)C(C)(C)C. The monoisotopic (exact) mass is 506 g/mol. The fraction of sp³-hybridized carbons (Fsp3) is 0.714. The largest absolute Gasteiger partial charge is 0.497 e. The Kier molecular flexibility index (Phi) is 10.4. The Bertz CT molecular complexity index is 849. The van der Waals surface area contributed by atoms with Crippen LogP contribution in [0.5, 0.6) is 5.75 Å². The van der Waals surface area contributed by atoms with Crippen LogP contribution < -0.4 is 4.74 Å². The molecule has 0 spiro atoms. The maximum Gasteiger partial charge on any atom is 0.192 e. The van der Waals surface area contributed by atoms with Crippen molar-refractivity contribution in [1.29, 1.82) is 0 Å². The van der Waals surface area contributed by atoms with Gasteiger partial charge >= 0.3 is 0 Å². The lowest BCUT2D eigenvalue weighted by Gasteiger charge is -2.39. The van der Waals surface area contributed by atoms with E-state index < -0.39 is 32.4 Å². The Balaban J connectivity index is 2.21. The van der Waals surface area contributed by atoms with Crippen molar-refractivity contribution in [2.24, 2.45) is 0 Å². The second-order valence-electron chi connectivity index (χ2n) is 11.3. The Morgan fingerprint density at radius 1 is 1.11 bits per heavy atom. The minimum Gasteiger partial charge on any atom is -0.497 e. The molecule has 2 rings (SSSR count). The van der Waals surface area contributed by atoms with Crippen LogP contribution in [0.3, 0.4) is 0 Å². The van der Waals surface area contributed by atoms with Crippen molar-refractivity contribution in [3.05, 3.63) is 29.8 Å². The van der Waals surface area contributed by atoms with Gasteiger partial charge in [0, 0.05) is 0 Å². The fourth-order valence-corrected chi connectivity index (χ4v) is 5.20. The average molecular weight is 507 g/mol. The first-order valence-corrected chi connectivity index (χ1v) is 15.6. The molecule has 198 valence electrons. The molecule has 1 heterocycles. The summed E-state index contributed by atoms with van der Waals surface area (Å²) < 4.78 is 30.1. The van der Waals surface area contributed by atoms with E-state index in [1.54, 1.807) is 7.11 Å². The summed E-state index contributed by atoms with van der Waals surface area (Å²) in [6, 6.07) is 7.76. The van der Waals surface area contributed by atoms with Gasteiger partial charge in [0.2, 0.25) is 0 Å². The normalized spacial score (nSPS) is 22.7. The van der Waals surface area contributed by atoms with Crippen molar-refractivity contribution in [3.63, 3.8) is 0 Å². The van der Waals surface area contributed by atoms with Gasteiger partial charge in [-0.15, -0.1) is 0 Å². The van der Waals surface area contributed by atoms with Gasteiger partial charge in [0.15, 0.2) is 14.1 Å². The van der Waals surface area contributed by atoms with Gasteiger partial charge in [0.1, 0.15) is 24.1 Å². The van der Waals surface area contributed by atoms with E-state index in [2.05, 4.69) is 52.6 Å². The number of hydrogen-bond acceptors (Lipinski definition) is 6. The molecule has 0 bridgehead atoms. The molecular formula is C28H46O6Si. The first-order chi connectivity index (χ1) is 16.2. The molecule has 1 N–H and O–H groups in total. The van der Waals surface area contributed by atoms with Crippen molar-refractivity contribution >= 4 is 8.32 Å². The van der Waals surface area contributed by atoms with Crippen molar-refractivity contribution in [2.45, 2.75) is 122 Å². The summed E-state index contributed by atoms with van der Waals surface area (Å²) in [5, 5.41) is 11.0. The molecule has 1 aliphatic rings. The van der Waals surface area contributed by atoms with E-state index >= 15 is 0 Å². The second kappa shape index (κ2) is 12.2. The topological polar surface area (TPSA) is 66.4 Å². The Morgan fingerprint density at radius 2 is 1.74 bits per heavy atom. The first-order valence-electron chi connectivity index (χ1n) is 12.7. The van der Waals surface area contributed by atoms with Gasteiger partial charge in [0.05, 0.1) is 25.9 Å².